The van der Waals surface area contributed by atoms with Crippen LogP contribution in [-0.2, 0) is 9.53 Å². The number of carbonyl (C=O) groups is 1. The maximum absolute atomic E-state index is 11.5. The molecule has 0 aromatic heterocycles. The first-order chi connectivity index (χ1) is 8.41. The molecule has 0 rings (SSSR count). The van der Waals surface area contributed by atoms with Crippen LogP contribution in [0.15, 0.2) is 0 Å². The average Bonchev–Trinajstić information content (AvgIpc) is 2.26. The fraction of sp³-hybridized carbons (Fsp3) is 0.923. The van der Waals surface area contributed by atoms with Gasteiger partial charge in [0.2, 0.25) is 5.91 Å². The van der Waals surface area contributed by atoms with Crippen molar-refractivity contribution in [3.8, 4) is 0 Å². The lowest BCUT2D eigenvalue weighted by atomic mass is 10.0. The fourth-order valence-corrected chi connectivity index (χ4v) is 1.69. The smallest absolute Gasteiger partial charge is 0.234 e. The molecule has 18 heavy (non-hydrogen) atoms. The highest BCUT2D eigenvalue weighted by molar-refractivity contribution is 5.78. The molecule has 0 saturated heterocycles. The SMILES string of the molecule is CCCC(C)NC(=O)CNCC(C)(O)CCOC. The summed E-state index contributed by atoms with van der Waals surface area (Å²) in [5, 5.41) is 15.8. The van der Waals surface area contributed by atoms with Crippen LogP contribution < -0.4 is 10.6 Å². The number of amides is 1. The summed E-state index contributed by atoms with van der Waals surface area (Å²) in [4.78, 5) is 11.5. The van der Waals surface area contributed by atoms with E-state index in [2.05, 4.69) is 17.6 Å². The van der Waals surface area contributed by atoms with Crippen LogP contribution in [0.1, 0.15) is 40.0 Å². The molecule has 2 atom stereocenters. The van der Waals surface area contributed by atoms with Gasteiger partial charge in [-0.1, -0.05) is 13.3 Å². The summed E-state index contributed by atoms with van der Waals surface area (Å²) in [5.74, 6) is -0.0292. The Balaban J connectivity index is 3.72. The molecule has 0 heterocycles. The second kappa shape index (κ2) is 9.30. The van der Waals surface area contributed by atoms with Gasteiger partial charge in [-0.3, -0.25) is 4.79 Å². The summed E-state index contributed by atoms with van der Waals surface area (Å²) >= 11 is 0. The molecule has 0 aliphatic carbocycles. The number of nitrogens with one attached hydrogen (secondary N) is 2. The summed E-state index contributed by atoms with van der Waals surface area (Å²) in [5.41, 5.74) is -0.842. The highest BCUT2D eigenvalue weighted by atomic mass is 16.5. The zero-order valence-electron chi connectivity index (χ0n) is 12.1. The van der Waals surface area contributed by atoms with Gasteiger partial charge in [0.25, 0.3) is 0 Å². The van der Waals surface area contributed by atoms with Crippen LogP contribution in [0.5, 0.6) is 0 Å². The van der Waals surface area contributed by atoms with Crippen LogP contribution >= 0.6 is 0 Å². The topological polar surface area (TPSA) is 70.6 Å². The molecule has 5 heteroatoms. The number of rotatable bonds is 10. The molecule has 2 unspecified atom stereocenters. The number of carbonyl (C=O) groups excluding carboxylic acids is 1. The van der Waals surface area contributed by atoms with E-state index >= 15 is 0 Å². The third-order valence-corrected chi connectivity index (χ3v) is 2.77. The van der Waals surface area contributed by atoms with Gasteiger partial charge < -0.3 is 20.5 Å². The largest absolute Gasteiger partial charge is 0.389 e. The molecule has 0 aromatic carbocycles. The van der Waals surface area contributed by atoms with Gasteiger partial charge in [-0.2, -0.15) is 0 Å². The van der Waals surface area contributed by atoms with Crippen molar-refractivity contribution >= 4 is 5.91 Å². The Hall–Kier alpha value is -0.650. The molecule has 0 aromatic rings. The summed E-state index contributed by atoms with van der Waals surface area (Å²) in [7, 11) is 1.60. The van der Waals surface area contributed by atoms with Crippen molar-refractivity contribution in [3.05, 3.63) is 0 Å². The summed E-state index contributed by atoms with van der Waals surface area (Å²) < 4.78 is 4.92. The highest BCUT2D eigenvalue weighted by Gasteiger charge is 2.19. The van der Waals surface area contributed by atoms with E-state index in [0.29, 0.717) is 19.6 Å². The van der Waals surface area contributed by atoms with E-state index in [-0.39, 0.29) is 18.5 Å². The van der Waals surface area contributed by atoms with E-state index in [9.17, 15) is 9.90 Å². The first-order valence-electron chi connectivity index (χ1n) is 6.62. The second-order valence-electron chi connectivity index (χ2n) is 5.10. The second-order valence-corrected chi connectivity index (χ2v) is 5.10. The number of methoxy groups -OCH3 is 1. The lowest BCUT2D eigenvalue weighted by Crippen LogP contribution is -2.44. The number of ether oxygens (including phenoxy) is 1. The third-order valence-electron chi connectivity index (χ3n) is 2.77. The van der Waals surface area contributed by atoms with E-state index in [1.165, 1.54) is 0 Å². The predicted molar refractivity (Wildman–Crippen MR) is 72.5 cm³/mol. The third kappa shape index (κ3) is 9.39. The van der Waals surface area contributed by atoms with Crippen molar-refractivity contribution in [1.29, 1.82) is 0 Å². The first-order valence-corrected chi connectivity index (χ1v) is 6.62. The highest BCUT2D eigenvalue weighted by Crippen LogP contribution is 2.07. The fourth-order valence-electron chi connectivity index (χ4n) is 1.69. The Kier molecular flexibility index (Phi) is 8.97. The van der Waals surface area contributed by atoms with Crippen LogP contribution in [-0.4, -0.2) is 49.5 Å². The van der Waals surface area contributed by atoms with Crippen LogP contribution in [0.3, 0.4) is 0 Å². The van der Waals surface area contributed by atoms with Gasteiger partial charge in [-0.15, -0.1) is 0 Å². The zero-order chi connectivity index (χ0) is 14.0. The first kappa shape index (κ1) is 17.4. The standard InChI is InChI=1S/C13H28N2O3/c1-5-6-11(2)15-12(16)9-14-10-13(3,17)7-8-18-4/h11,14,17H,5-10H2,1-4H3,(H,15,16). The van der Waals surface area contributed by atoms with Crippen LogP contribution in [0.25, 0.3) is 0 Å². The molecule has 0 radical (unpaired) electrons. The molecule has 0 spiro atoms. The van der Waals surface area contributed by atoms with E-state index in [1.54, 1.807) is 14.0 Å². The van der Waals surface area contributed by atoms with Gasteiger partial charge >= 0.3 is 0 Å². The van der Waals surface area contributed by atoms with Gasteiger partial charge in [-0.25, -0.2) is 0 Å². The Morgan fingerprint density at radius 3 is 2.72 bits per heavy atom. The van der Waals surface area contributed by atoms with Crippen molar-refractivity contribution in [1.82, 2.24) is 10.6 Å². The van der Waals surface area contributed by atoms with E-state index in [0.717, 1.165) is 12.8 Å². The van der Waals surface area contributed by atoms with Gasteiger partial charge in [0.1, 0.15) is 0 Å². The molecule has 5 nitrogen and oxygen atoms in total. The molecule has 0 saturated carbocycles. The Bertz CT molecular complexity index is 232. The minimum atomic E-state index is -0.842. The van der Waals surface area contributed by atoms with Gasteiger partial charge in [0.05, 0.1) is 12.1 Å². The maximum atomic E-state index is 11.5. The number of hydrogen-bond donors (Lipinski definition) is 3. The predicted octanol–water partition coefficient (Wildman–Crippen LogP) is 0.668. The van der Waals surface area contributed by atoms with Gasteiger partial charge in [0, 0.05) is 32.7 Å². The Morgan fingerprint density at radius 2 is 2.17 bits per heavy atom. The van der Waals surface area contributed by atoms with Crippen molar-refractivity contribution in [2.45, 2.75) is 51.7 Å². The summed E-state index contributed by atoms with van der Waals surface area (Å²) in [6.07, 6.45) is 2.59. The molecule has 0 fully saturated rings. The minimum Gasteiger partial charge on any atom is -0.389 e. The average molecular weight is 260 g/mol. The molecule has 3 N–H and O–H groups in total. The molecular formula is C13H28N2O3. The van der Waals surface area contributed by atoms with Crippen LogP contribution in [0, 0.1) is 0 Å². The number of aliphatic hydroxyl groups is 1. The van der Waals surface area contributed by atoms with Crippen molar-refractivity contribution in [2.24, 2.45) is 0 Å². The maximum Gasteiger partial charge on any atom is 0.234 e. The lowest BCUT2D eigenvalue weighted by Gasteiger charge is -2.23. The van der Waals surface area contributed by atoms with Crippen LogP contribution in [0.4, 0.5) is 0 Å². The van der Waals surface area contributed by atoms with Gasteiger partial charge in [0.15, 0.2) is 0 Å². The summed E-state index contributed by atoms with van der Waals surface area (Å²) in [6.45, 7) is 6.94. The minimum absolute atomic E-state index is 0.0292. The van der Waals surface area contributed by atoms with E-state index in [1.807, 2.05) is 6.92 Å². The Labute approximate surface area is 110 Å². The quantitative estimate of drug-likeness (QED) is 0.540. The summed E-state index contributed by atoms with van der Waals surface area (Å²) in [6, 6.07) is 0.207. The Morgan fingerprint density at radius 1 is 1.50 bits per heavy atom. The molecule has 0 aliphatic heterocycles. The number of hydrogen-bond acceptors (Lipinski definition) is 4. The van der Waals surface area contributed by atoms with Crippen molar-refractivity contribution in [3.63, 3.8) is 0 Å². The van der Waals surface area contributed by atoms with Gasteiger partial charge in [-0.05, 0) is 20.3 Å². The molecule has 0 aliphatic rings. The lowest BCUT2D eigenvalue weighted by molar-refractivity contribution is -0.121. The normalized spacial score (nSPS) is 16.1. The molecular weight excluding hydrogens is 232 g/mol. The van der Waals surface area contributed by atoms with Crippen LogP contribution in [0.2, 0.25) is 0 Å². The molecule has 108 valence electrons. The van der Waals surface area contributed by atoms with E-state index < -0.39 is 5.60 Å². The van der Waals surface area contributed by atoms with E-state index in [4.69, 9.17) is 4.74 Å². The van der Waals surface area contributed by atoms with Crippen molar-refractivity contribution < 1.29 is 14.6 Å². The zero-order valence-corrected chi connectivity index (χ0v) is 12.1. The molecule has 1 amide bonds. The van der Waals surface area contributed by atoms with Crippen molar-refractivity contribution in [2.75, 3.05) is 26.8 Å². The monoisotopic (exact) mass is 260 g/mol. The molecule has 0 bridgehead atoms.